The molecule has 2 aliphatic rings. The Morgan fingerprint density at radius 1 is 1.47 bits per heavy atom. The number of rotatable bonds is 0. The highest BCUT2D eigenvalue weighted by atomic mass is 35.5. The smallest absolute Gasteiger partial charge is 0.144 e. The molecule has 6 heteroatoms. The first-order valence-electron chi connectivity index (χ1n) is 5.71. The number of halogens is 2. The summed E-state index contributed by atoms with van der Waals surface area (Å²) in [5.41, 5.74) is 0. The number of anilines is 1. The molecule has 92 valence electrons. The summed E-state index contributed by atoms with van der Waals surface area (Å²) in [6, 6.07) is 0.530. The largest absolute Gasteiger partial charge is 0.350 e. The number of hydrogen-bond donors (Lipinski definition) is 1. The molecule has 17 heavy (non-hydrogen) atoms. The maximum absolute atomic E-state index is 6.28. The second kappa shape index (κ2) is 4.84. The first-order chi connectivity index (χ1) is 8.27. The van der Waals surface area contributed by atoms with Crippen LogP contribution in [0.5, 0.6) is 0 Å². The molecule has 2 aliphatic heterocycles. The van der Waals surface area contributed by atoms with Gasteiger partial charge in [-0.25, -0.2) is 4.98 Å². The number of pyridine rings is 1. The minimum atomic E-state index is 0.530. The van der Waals surface area contributed by atoms with E-state index >= 15 is 0 Å². The number of hydrogen-bond acceptors (Lipinski definition) is 4. The van der Waals surface area contributed by atoms with Crippen LogP contribution in [0.3, 0.4) is 0 Å². The van der Waals surface area contributed by atoms with Crippen LogP contribution in [0.2, 0.25) is 10.0 Å². The van der Waals surface area contributed by atoms with Crippen molar-refractivity contribution in [2.75, 3.05) is 30.3 Å². The molecule has 0 spiro atoms. The third-order valence-corrected chi connectivity index (χ3v) is 5.24. The van der Waals surface area contributed by atoms with Gasteiger partial charge in [-0.05, 0) is 6.42 Å². The first kappa shape index (κ1) is 11.9. The lowest BCUT2D eigenvalue weighted by molar-refractivity contribution is 0.465. The zero-order valence-electron chi connectivity index (χ0n) is 9.25. The summed E-state index contributed by atoms with van der Waals surface area (Å²) >= 11 is 14.1. The van der Waals surface area contributed by atoms with Gasteiger partial charge in [-0.15, -0.1) is 11.8 Å². The Kier molecular flexibility index (Phi) is 3.39. The number of thioether (sulfide) groups is 1. The average molecular weight is 290 g/mol. The molecular weight excluding hydrogens is 277 g/mol. The highest BCUT2D eigenvalue weighted by Crippen LogP contribution is 2.42. The van der Waals surface area contributed by atoms with E-state index in [2.05, 4.69) is 15.2 Å². The van der Waals surface area contributed by atoms with Crippen molar-refractivity contribution < 1.29 is 0 Å². The van der Waals surface area contributed by atoms with Gasteiger partial charge in [-0.2, -0.15) is 0 Å². The Labute approximate surface area is 115 Å². The van der Waals surface area contributed by atoms with Gasteiger partial charge in [0.25, 0.3) is 0 Å². The molecule has 3 nitrogen and oxygen atoms in total. The van der Waals surface area contributed by atoms with Crippen molar-refractivity contribution in [2.24, 2.45) is 0 Å². The predicted molar refractivity (Wildman–Crippen MR) is 73.6 cm³/mol. The quantitative estimate of drug-likeness (QED) is 0.795. The van der Waals surface area contributed by atoms with Crippen LogP contribution < -0.4 is 10.2 Å². The van der Waals surface area contributed by atoms with E-state index in [0.29, 0.717) is 16.1 Å². The molecule has 0 amide bonds. The second-order valence-corrected chi connectivity index (χ2v) is 6.15. The molecule has 0 radical (unpaired) electrons. The summed E-state index contributed by atoms with van der Waals surface area (Å²) in [4.78, 5) is 7.90. The zero-order chi connectivity index (χ0) is 11.8. The van der Waals surface area contributed by atoms with Gasteiger partial charge in [0.2, 0.25) is 0 Å². The lowest BCUT2D eigenvalue weighted by Crippen LogP contribution is -2.51. The summed E-state index contributed by atoms with van der Waals surface area (Å²) < 4.78 is 0. The molecule has 1 atom stereocenters. The number of aromatic nitrogens is 1. The van der Waals surface area contributed by atoms with Crippen molar-refractivity contribution in [1.29, 1.82) is 0 Å². The molecule has 1 fully saturated rings. The van der Waals surface area contributed by atoms with Gasteiger partial charge in [-0.3, -0.25) is 0 Å². The standard InChI is InChI=1S/C11H13Cl2N3S/c12-8-6-15-11-10(9(8)13)17-4-1-7-5-14-2-3-16(7)11/h6-7,14H,1-5H2/t7-/m0/s1. The van der Waals surface area contributed by atoms with Crippen molar-refractivity contribution in [3.63, 3.8) is 0 Å². The lowest BCUT2D eigenvalue weighted by atomic mass is 10.1. The average Bonchev–Trinajstić information content (AvgIpc) is 2.54. The fraction of sp³-hybridized carbons (Fsp3) is 0.545. The summed E-state index contributed by atoms with van der Waals surface area (Å²) in [5, 5.41) is 4.63. The highest BCUT2D eigenvalue weighted by Gasteiger charge is 2.29. The Balaban J connectivity index is 2.06. The van der Waals surface area contributed by atoms with Gasteiger partial charge in [-0.1, -0.05) is 23.2 Å². The van der Waals surface area contributed by atoms with Crippen molar-refractivity contribution in [2.45, 2.75) is 17.4 Å². The summed E-state index contributed by atoms with van der Waals surface area (Å²) in [5.74, 6) is 2.07. The van der Waals surface area contributed by atoms with Crippen LogP contribution in [0.25, 0.3) is 0 Å². The molecule has 0 bridgehead atoms. The second-order valence-electron chi connectivity index (χ2n) is 4.26. The molecule has 0 unspecified atom stereocenters. The van der Waals surface area contributed by atoms with Gasteiger partial charge < -0.3 is 10.2 Å². The Hall–Kier alpha value is -0.160. The third kappa shape index (κ3) is 2.12. The lowest BCUT2D eigenvalue weighted by Gasteiger charge is -2.36. The van der Waals surface area contributed by atoms with E-state index in [1.54, 1.807) is 18.0 Å². The maximum atomic E-state index is 6.28. The van der Waals surface area contributed by atoms with Crippen molar-refractivity contribution in [1.82, 2.24) is 10.3 Å². The molecule has 1 saturated heterocycles. The first-order valence-corrected chi connectivity index (χ1v) is 7.45. The molecule has 1 aromatic rings. The monoisotopic (exact) mass is 289 g/mol. The van der Waals surface area contributed by atoms with Crippen LogP contribution in [0.15, 0.2) is 11.1 Å². The van der Waals surface area contributed by atoms with Gasteiger partial charge in [0.05, 0.1) is 14.9 Å². The van der Waals surface area contributed by atoms with Crippen LogP contribution in [-0.4, -0.2) is 36.4 Å². The SMILES string of the molecule is Clc1cnc2c(c1Cl)SCC[C@H]1CNCCN21. The third-order valence-electron chi connectivity index (χ3n) is 3.23. The fourth-order valence-corrected chi connectivity index (χ4v) is 3.99. The van der Waals surface area contributed by atoms with Crippen molar-refractivity contribution in [3.8, 4) is 0 Å². The van der Waals surface area contributed by atoms with E-state index < -0.39 is 0 Å². The van der Waals surface area contributed by atoms with Gasteiger partial charge >= 0.3 is 0 Å². The van der Waals surface area contributed by atoms with E-state index in [9.17, 15) is 0 Å². The summed E-state index contributed by atoms with van der Waals surface area (Å²) in [6.07, 6.45) is 2.82. The molecule has 3 heterocycles. The van der Waals surface area contributed by atoms with Gasteiger partial charge in [0.1, 0.15) is 5.82 Å². The van der Waals surface area contributed by atoms with E-state index in [-0.39, 0.29) is 0 Å². The van der Waals surface area contributed by atoms with Crippen LogP contribution >= 0.6 is 35.0 Å². The number of nitrogens with zero attached hydrogens (tertiary/aromatic N) is 2. The van der Waals surface area contributed by atoms with Crippen LogP contribution in [0, 0.1) is 0 Å². The number of piperazine rings is 1. The molecule has 3 rings (SSSR count). The van der Waals surface area contributed by atoms with E-state index in [4.69, 9.17) is 23.2 Å². The molecular formula is C11H13Cl2N3S. The molecule has 0 aromatic carbocycles. The summed E-state index contributed by atoms with van der Waals surface area (Å²) in [7, 11) is 0. The van der Waals surface area contributed by atoms with Gasteiger partial charge in [0.15, 0.2) is 0 Å². The van der Waals surface area contributed by atoms with Crippen molar-refractivity contribution in [3.05, 3.63) is 16.2 Å². The fourth-order valence-electron chi connectivity index (χ4n) is 2.37. The molecule has 0 aliphatic carbocycles. The van der Waals surface area contributed by atoms with Crippen LogP contribution in [0.4, 0.5) is 5.82 Å². The Bertz CT molecular complexity index is 441. The Morgan fingerprint density at radius 2 is 2.35 bits per heavy atom. The molecule has 0 saturated carbocycles. The number of fused-ring (bicyclic) bond motifs is 3. The van der Waals surface area contributed by atoms with E-state index in [0.717, 1.165) is 42.5 Å². The molecule has 1 aromatic heterocycles. The maximum Gasteiger partial charge on any atom is 0.144 e. The van der Waals surface area contributed by atoms with E-state index in [1.807, 2.05) is 0 Å². The van der Waals surface area contributed by atoms with Crippen LogP contribution in [-0.2, 0) is 0 Å². The topological polar surface area (TPSA) is 28.2 Å². The molecule has 1 N–H and O–H groups in total. The van der Waals surface area contributed by atoms with Crippen LogP contribution in [0.1, 0.15) is 6.42 Å². The predicted octanol–water partition coefficient (Wildman–Crippen LogP) is 2.66. The minimum Gasteiger partial charge on any atom is -0.350 e. The normalized spacial score (nSPS) is 23.9. The van der Waals surface area contributed by atoms with E-state index in [1.165, 1.54) is 0 Å². The Morgan fingerprint density at radius 3 is 3.24 bits per heavy atom. The zero-order valence-corrected chi connectivity index (χ0v) is 11.6. The highest BCUT2D eigenvalue weighted by molar-refractivity contribution is 7.99. The number of nitrogens with one attached hydrogen (secondary N) is 1. The summed E-state index contributed by atoms with van der Waals surface area (Å²) in [6.45, 7) is 3.02. The van der Waals surface area contributed by atoms with Crippen molar-refractivity contribution >= 4 is 40.8 Å². The van der Waals surface area contributed by atoms with Gasteiger partial charge in [0, 0.05) is 37.6 Å². The minimum absolute atomic E-state index is 0.530.